The molecule has 1 aromatic carbocycles. The molecule has 106 valence electrons. The zero-order chi connectivity index (χ0) is 14.4. The van der Waals surface area contributed by atoms with Gasteiger partial charge in [0.2, 0.25) is 5.91 Å². The monoisotopic (exact) mass is 277 g/mol. The molecule has 2 atom stereocenters. The molecule has 4 nitrogen and oxygen atoms in total. The fourth-order valence-electron chi connectivity index (χ4n) is 3.10. The van der Waals surface area contributed by atoms with E-state index in [1.807, 2.05) is 0 Å². The lowest BCUT2D eigenvalue weighted by atomic mass is 9.91. The van der Waals surface area contributed by atoms with E-state index in [1.54, 1.807) is 17.9 Å². The highest BCUT2D eigenvalue weighted by Crippen LogP contribution is 2.45. The fourth-order valence-corrected chi connectivity index (χ4v) is 3.10. The van der Waals surface area contributed by atoms with E-state index in [-0.39, 0.29) is 24.2 Å². The van der Waals surface area contributed by atoms with Crippen LogP contribution in [0.2, 0.25) is 0 Å². The van der Waals surface area contributed by atoms with Crippen molar-refractivity contribution in [1.29, 1.82) is 0 Å². The van der Waals surface area contributed by atoms with E-state index in [9.17, 15) is 19.1 Å². The Morgan fingerprint density at radius 2 is 2.10 bits per heavy atom. The Morgan fingerprint density at radius 3 is 2.65 bits per heavy atom. The van der Waals surface area contributed by atoms with Gasteiger partial charge in [-0.05, 0) is 43.0 Å². The number of nitrogens with zero attached hydrogens (tertiary/aromatic N) is 1. The van der Waals surface area contributed by atoms with Gasteiger partial charge in [-0.25, -0.2) is 4.39 Å². The molecule has 0 bridgehead atoms. The predicted octanol–water partition coefficient (Wildman–Crippen LogP) is 2.27. The van der Waals surface area contributed by atoms with Gasteiger partial charge < -0.3 is 10.0 Å². The Hall–Kier alpha value is -1.91. The van der Waals surface area contributed by atoms with E-state index < -0.39 is 17.9 Å². The first-order valence-corrected chi connectivity index (χ1v) is 6.79. The lowest BCUT2D eigenvalue weighted by Gasteiger charge is -2.28. The van der Waals surface area contributed by atoms with Crippen LogP contribution in [0.25, 0.3) is 0 Å². The SMILES string of the molecule is Cc1cc(F)ccc1C1C(C(=O)O)CC(=O)N1C1CC1. The molecule has 1 saturated heterocycles. The molecule has 1 aromatic rings. The van der Waals surface area contributed by atoms with Crippen molar-refractivity contribution in [3.8, 4) is 0 Å². The highest BCUT2D eigenvalue weighted by atomic mass is 19.1. The van der Waals surface area contributed by atoms with Crippen LogP contribution in [0, 0.1) is 18.7 Å². The molecule has 1 aliphatic carbocycles. The fraction of sp³-hybridized carbons (Fsp3) is 0.467. The largest absolute Gasteiger partial charge is 0.481 e. The van der Waals surface area contributed by atoms with E-state index in [0.717, 1.165) is 18.4 Å². The Morgan fingerprint density at radius 1 is 1.40 bits per heavy atom. The van der Waals surface area contributed by atoms with Crippen LogP contribution in [0.1, 0.15) is 36.4 Å². The molecule has 5 heteroatoms. The maximum atomic E-state index is 13.2. The minimum Gasteiger partial charge on any atom is -0.481 e. The second-order valence-electron chi connectivity index (χ2n) is 5.63. The summed E-state index contributed by atoms with van der Waals surface area (Å²) in [6, 6.07) is 4.02. The smallest absolute Gasteiger partial charge is 0.309 e. The van der Waals surface area contributed by atoms with Crippen LogP contribution in [0.5, 0.6) is 0 Å². The molecular weight excluding hydrogens is 261 g/mol. The average molecular weight is 277 g/mol. The van der Waals surface area contributed by atoms with Gasteiger partial charge in [-0.1, -0.05) is 6.07 Å². The number of carbonyl (C=O) groups excluding carboxylic acids is 1. The first-order valence-electron chi connectivity index (χ1n) is 6.79. The number of amides is 1. The minimum atomic E-state index is -0.963. The molecule has 1 heterocycles. The number of likely N-dealkylation sites (tertiary alicyclic amines) is 1. The van der Waals surface area contributed by atoms with Crippen molar-refractivity contribution in [2.45, 2.75) is 38.3 Å². The Kier molecular flexibility index (Phi) is 3.00. The quantitative estimate of drug-likeness (QED) is 0.922. The van der Waals surface area contributed by atoms with Crippen LogP contribution in [0.3, 0.4) is 0 Å². The summed E-state index contributed by atoms with van der Waals surface area (Å²) < 4.78 is 13.2. The van der Waals surface area contributed by atoms with Gasteiger partial charge in [-0.3, -0.25) is 9.59 Å². The lowest BCUT2D eigenvalue weighted by Crippen LogP contribution is -2.32. The summed E-state index contributed by atoms with van der Waals surface area (Å²) in [6.07, 6.45) is 1.89. The third-order valence-corrected chi connectivity index (χ3v) is 4.17. The van der Waals surface area contributed by atoms with Crippen molar-refractivity contribution in [2.75, 3.05) is 0 Å². The number of carboxylic acids is 1. The third-order valence-electron chi connectivity index (χ3n) is 4.17. The molecule has 0 spiro atoms. The zero-order valence-corrected chi connectivity index (χ0v) is 11.2. The van der Waals surface area contributed by atoms with Gasteiger partial charge in [-0.15, -0.1) is 0 Å². The van der Waals surface area contributed by atoms with E-state index in [1.165, 1.54) is 12.1 Å². The summed E-state index contributed by atoms with van der Waals surface area (Å²) in [5.74, 6) is -2.16. The summed E-state index contributed by atoms with van der Waals surface area (Å²) in [7, 11) is 0. The Labute approximate surface area is 116 Å². The molecule has 1 N–H and O–H groups in total. The van der Waals surface area contributed by atoms with Gasteiger partial charge in [0, 0.05) is 12.5 Å². The molecule has 1 saturated carbocycles. The lowest BCUT2D eigenvalue weighted by molar-refractivity contribution is -0.142. The predicted molar refractivity (Wildman–Crippen MR) is 69.5 cm³/mol. The van der Waals surface area contributed by atoms with Crippen LogP contribution in [0.4, 0.5) is 4.39 Å². The van der Waals surface area contributed by atoms with E-state index in [0.29, 0.717) is 5.56 Å². The molecule has 20 heavy (non-hydrogen) atoms. The van der Waals surface area contributed by atoms with Crippen molar-refractivity contribution in [1.82, 2.24) is 4.90 Å². The summed E-state index contributed by atoms with van der Waals surface area (Å²) in [5.41, 5.74) is 1.44. The number of hydrogen-bond acceptors (Lipinski definition) is 2. The number of benzene rings is 1. The van der Waals surface area contributed by atoms with E-state index >= 15 is 0 Å². The van der Waals surface area contributed by atoms with E-state index in [2.05, 4.69) is 0 Å². The van der Waals surface area contributed by atoms with Gasteiger partial charge in [0.25, 0.3) is 0 Å². The number of rotatable bonds is 3. The molecule has 1 amide bonds. The first kappa shape index (κ1) is 13.1. The van der Waals surface area contributed by atoms with Crippen molar-refractivity contribution >= 4 is 11.9 Å². The van der Waals surface area contributed by atoms with Crippen LogP contribution in [-0.4, -0.2) is 27.9 Å². The van der Waals surface area contributed by atoms with Crippen LogP contribution in [-0.2, 0) is 9.59 Å². The van der Waals surface area contributed by atoms with Crippen LogP contribution < -0.4 is 0 Å². The highest BCUT2D eigenvalue weighted by molar-refractivity contribution is 5.88. The summed E-state index contributed by atoms with van der Waals surface area (Å²) >= 11 is 0. The van der Waals surface area contributed by atoms with Gasteiger partial charge in [0.05, 0.1) is 12.0 Å². The second-order valence-corrected chi connectivity index (χ2v) is 5.63. The molecule has 0 aromatic heterocycles. The Bertz CT molecular complexity index is 582. The van der Waals surface area contributed by atoms with Crippen LogP contribution in [0.15, 0.2) is 18.2 Å². The molecule has 2 fully saturated rings. The Balaban J connectivity index is 2.05. The number of carboxylic acid groups (broad SMARTS) is 1. The van der Waals surface area contributed by atoms with Crippen molar-refractivity contribution in [3.63, 3.8) is 0 Å². The number of hydrogen-bond donors (Lipinski definition) is 1. The zero-order valence-electron chi connectivity index (χ0n) is 11.2. The third kappa shape index (κ3) is 2.07. The maximum Gasteiger partial charge on any atom is 0.309 e. The second kappa shape index (κ2) is 4.58. The first-order chi connectivity index (χ1) is 9.49. The molecule has 1 aliphatic heterocycles. The average Bonchev–Trinajstić information content (AvgIpc) is 3.13. The highest BCUT2D eigenvalue weighted by Gasteiger charge is 2.50. The number of halogens is 1. The molecular formula is C15H16FNO3. The van der Waals surface area contributed by atoms with Crippen molar-refractivity contribution < 1.29 is 19.1 Å². The molecule has 2 aliphatic rings. The minimum absolute atomic E-state index is 0.0350. The van der Waals surface area contributed by atoms with Crippen LogP contribution >= 0.6 is 0 Å². The van der Waals surface area contributed by atoms with E-state index in [4.69, 9.17) is 0 Å². The number of aryl methyl sites for hydroxylation is 1. The number of aliphatic carboxylic acids is 1. The topological polar surface area (TPSA) is 57.6 Å². The summed E-state index contributed by atoms with van der Waals surface area (Å²) in [4.78, 5) is 25.3. The molecule has 2 unspecified atom stereocenters. The summed E-state index contributed by atoms with van der Waals surface area (Å²) in [6.45, 7) is 1.76. The normalized spacial score (nSPS) is 26.1. The number of carbonyl (C=O) groups is 2. The maximum absolute atomic E-state index is 13.2. The van der Waals surface area contributed by atoms with Crippen molar-refractivity contribution in [3.05, 3.63) is 35.1 Å². The molecule has 3 rings (SSSR count). The van der Waals surface area contributed by atoms with Gasteiger partial charge in [-0.2, -0.15) is 0 Å². The van der Waals surface area contributed by atoms with Gasteiger partial charge >= 0.3 is 5.97 Å². The van der Waals surface area contributed by atoms with Gasteiger partial charge in [0.15, 0.2) is 0 Å². The standard InChI is InChI=1S/C15H16FNO3/c1-8-6-9(16)2-5-11(8)14-12(15(19)20)7-13(18)17(14)10-3-4-10/h2,5-6,10,12,14H,3-4,7H2,1H3,(H,19,20). The summed E-state index contributed by atoms with van der Waals surface area (Å²) in [5, 5.41) is 9.38. The van der Waals surface area contributed by atoms with Gasteiger partial charge in [0.1, 0.15) is 5.82 Å². The molecule has 0 radical (unpaired) electrons. The van der Waals surface area contributed by atoms with Crippen molar-refractivity contribution in [2.24, 2.45) is 5.92 Å².